The summed E-state index contributed by atoms with van der Waals surface area (Å²) >= 11 is 0. The van der Waals surface area contributed by atoms with Crippen molar-refractivity contribution in [3.8, 4) is 0 Å². The molecule has 2 aromatic rings. The lowest BCUT2D eigenvalue weighted by atomic mass is 10.2. The molecule has 11 heteroatoms. The molecular weight excluding hydrogens is 380 g/mol. The SMILES string of the molecule is Cc1nn(C)cc1CN1CCN(C(=O)Cn2nc(C(F)F)cc2C(F)F)CC1. The van der Waals surface area contributed by atoms with Crippen LogP contribution in [0.4, 0.5) is 17.6 Å². The van der Waals surface area contributed by atoms with Crippen LogP contribution in [0.25, 0.3) is 0 Å². The highest BCUT2D eigenvalue weighted by Gasteiger charge is 2.26. The first-order valence-electron chi connectivity index (χ1n) is 8.87. The van der Waals surface area contributed by atoms with Crippen molar-refractivity contribution in [2.45, 2.75) is 32.9 Å². The molecule has 1 aliphatic rings. The fourth-order valence-electron chi connectivity index (χ4n) is 3.29. The molecule has 1 saturated heterocycles. The summed E-state index contributed by atoms with van der Waals surface area (Å²) in [5.74, 6) is -0.414. The first-order chi connectivity index (χ1) is 13.2. The molecule has 0 spiro atoms. The van der Waals surface area contributed by atoms with E-state index in [-0.39, 0.29) is 0 Å². The predicted octanol–water partition coefficient (Wildman–Crippen LogP) is 2.14. The molecule has 0 bridgehead atoms. The highest BCUT2D eigenvalue weighted by molar-refractivity contribution is 5.76. The van der Waals surface area contributed by atoms with Gasteiger partial charge in [-0.05, 0) is 13.0 Å². The molecule has 0 unspecified atom stereocenters. The van der Waals surface area contributed by atoms with Crippen LogP contribution in [0.5, 0.6) is 0 Å². The van der Waals surface area contributed by atoms with Crippen molar-refractivity contribution in [2.75, 3.05) is 26.2 Å². The molecule has 0 atom stereocenters. The number of piperazine rings is 1. The molecule has 3 heterocycles. The summed E-state index contributed by atoms with van der Waals surface area (Å²) in [5.41, 5.74) is 0.642. The van der Waals surface area contributed by atoms with Crippen molar-refractivity contribution < 1.29 is 22.4 Å². The van der Waals surface area contributed by atoms with E-state index in [1.807, 2.05) is 20.2 Å². The summed E-state index contributed by atoms with van der Waals surface area (Å²) in [7, 11) is 1.86. The highest BCUT2D eigenvalue weighted by Crippen LogP contribution is 2.25. The number of alkyl halides is 4. The third-order valence-electron chi connectivity index (χ3n) is 4.80. The quantitative estimate of drug-likeness (QED) is 0.695. The van der Waals surface area contributed by atoms with E-state index in [0.717, 1.165) is 11.3 Å². The Kier molecular flexibility index (Phi) is 6.01. The Morgan fingerprint density at radius 3 is 2.32 bits per heavy atom. The van der Waals surface area contributed by atoms with E-state index in [0.29, 0.717) is 43.5 Å². The van der Waals surface area contributed by atoms with Gasteiger partial charge in [-0.3, -0.25) is 19.1 Å². The van der Waals surface area contributed by atoms with Crippen LogP contribution in [-0.2, 0) is 24.9 Å². The topological polar surface area (TPSA) is 59.2 Å². The Morgan fingerprint density at radius 2 is 1.79 bits per heavy atom. The largest absolute Gasteiger partial charge is 0.339 e. The van der Waals surface area contributed by atoms with Gasteiger partial charge in [-0.1, -0.05) is 0 Å². The molecule has 3 rings (SSSR count). The molecule has 1 amide bonds. The zero-order chi connectivity index (χ0) is 20.4. The zero-order valence-corrected chi connectivity index (χ0v) is 15.7. The van der Waals surface area contributed by atoms with E-state index in [4.69, 9.17) is 0 Å². The van der Waals surface area contributed by atoms with Gasteiger partial charge in [-0.25, -0.2) is 17.6 Å². The Labute approximate surface area is 159 Å². The van der Waals surface area contributed by atoms with Crippen LogP contribution in [0.2, 0.25) is 0 Å². The lowest BCUT2D eigenvalue weighted by Gasteiger charge is -2.34. The summed E-state index contributed by atoms with van der Waals surface area (Å²) < 4.78 is 54.0. The van der Waals surface area contributed by atoms with E-state index in [9.17, 15) is 22.4 Å². The van der Waals surface area contributed by atoms with Crippen molar-refractivity contribution in [3.05, 3.63) is 34.9 Å². The minimum absolute atomic E-state index is 0.414. The van der Waals surface area contributed by atoms with Gasteiger partial charge in [0, 0.05) is 51.5 Å². The number of rotatable bonds is 6. The van der Waals surface area contributed by atoms with E-state index >= 15 is 0 Å². The maximum absolute atomic E-state index is 13.0. The fourth-order valence-corrected chi connectivity index (χ4v) is 3.29. The Bertz CT molecular complexity index is 826. The average Bonchev–Trinajstić information content (AvgIpc) is 3.19. The summed E-state index contributed by atoms with van der Waals surface area (Å²) in [6, 6.07) is 0.650. The first kappa shape index (κ1) is 20.3. The Morgan fingerprint density at radius 1 is 1.11 bits per heavy atom. The molecule has 154 valence electrons. The maximum atomic E-state index is 13.0. The molecule has 0 N–H and O–H groups in total. The molecule has 1 aliphatic heterocycles. The number of carbonyl (C=O) groups excluding carboxylic acids is 1. The van der Waals surface area contributed by atoms with Gasteiger partial charge in [-0.15, -0.1) is 0 Å². The summed E-state index contributed by atoms with van der Waals surface area (Å²) in [6.45, 7) is 4.30. The number of halogens is 4. The van der Waals surface area contributed by atoms with Crippen LogP contribution in [0.1, 0.15) is 35.5 Å². The van der Waals surface area contributed by atoms with E-state index in [1.165, 1.54) is 0 Å². The van der Waals surface area contributed by atoms with Gasteiger partial charge in [0.05, 0.1) is 5.69 Å². The second-order valence-corrected chi connectivity index (χ2v) is 6.82. The van der Waals surface area contributed by atoms with Gasteiger partial charge in [0.1, 0.15) is 17.9 Å². The third kappa shape index (κ3) is 4.51. The number of carbonyl (C=O) groups is 1. The normalized spacial score (nSPS) is 15.8. The van der Waals surface area contributed by atoms with Gasteiger partial charge in [0.25, 0.3) is 12.9 Å². The van der Waals surface area contributed by atoms with Crippen LogP contribution >= 0.6 is 0 Å². The number of aromatic nitrogens is 4. The highest BCUT2D eigenvalue weighted by atomic mass is 19.3. The van der Waals surface area contributed by atoms with Gasteiger partial charge in [0.15, 0.2) is 0 Å². The number of hydrogen-bond acceptors (Lipinski definition) is 4. The summed E-state index contributed by atoms with van der Waals surface area (Å²) in [6.07, 6.45) is -3.99. The minimum Gasteiger partial charge on any atom is -0.339 e. The number of nitrogens with zero attached hydrogens (tertiary/aromatic N) is 6. The van der Waals surface area contributed by atoms with Gasteiger partial charge in [-0.2, -0.15) is 10.2 Å². The molecule has 0 saturated carbocycles. The van der Waals surface area contributed by atoms with Crippen LogP contribution in [0.3, 0.4) is 0 Å². The number of hydrogen-bond donors (Lipinski definition) is 0. The Hall–Kier alpha value is -2.43. The van der Waals surface area contributed by atoms with Gasteiger partial charge >= 0.3 is 0 Å². The van der Waals surface area contributed by atoms with Crippen LogP contribution < -0.4 is 0 Å². The van der Waals surface area contributed by atoms with E-state index < -0.39 is 36.7 Å². The standard InChI is InChI=1S/C17H22F4N6O/c1-11-12(8-24(2)22-11)9-25-3-5-26(6-4-25)15(28)10-27-14(17(20)21)7-13(23-27)16(18)19/h7-8,16-17H,3-6,9-10H2,1-2H3. The lowest BCUT2D eigenvalue weighted by molar-refractivity contribution is -0.134. The first-order valence-corrected chi connectivity index (χ1v) is 8.87. The maximum Gasteiger partial charge on any atom is 0.282 e. The van der Waals surface area contributed by atoms with Crippen molar-refractivity contribution in [2.24, 2.45) is 7.05 Å². The lowest BCUT2D eigenvalue weighted by Crippen LogP contribution is -2.49. The van der Waals surface area contributed by atoms with Crippen molar-refractivity contribution in [3.63, 3.8) is 0 Å². The third-order valence-corrected chi connectivity index (χ3v) is 4.80. The number of aryl methyl sites for hydroxylation is 2. The smallest absolute Gasteiger partial charge is 0.282 e. The van der Waals surface area contributed by atoms with Crippen molar-refractivity contribution in [1.82, 2.24) is 29.4 Å². The van der Waals surface area contributed by atoms with Crippen molar-refractivity contribution >= 4 is 5.91 Å². The van der Waals surface area contributed by atoms with Crippen LogP contribution in [0, 0.1) is 6.92 Å². The summed E-state index contributed by atoms with van der Waals surface area (Å²) in [5, 5.41) is 7.77. The van der Waals surface area contributed by atoms with Gasteiger partial charge < -0.3 is 4.90 Å². The predicted molar refractivity (Wildman–Crippen MR) is 91.9 cm³/mol. The molecule has 1 fully saturated rings. The molecule has 0 aliphatic carbocycles. The zero-order valence-electron chi connectivity index (χ0n) is 15.7. The molecule has 0 radical (unpaired) electrons. The monoisotopic (exact) mass is 402 g/mol. The second-order valence-electron chi connectivity index (χ2n) is 6.82. The van der Waals surface area contributed by atoms with Crippen LogP contribution in [-0.4, -0.2) is 61.4 Å². The number of amides is 1. The average molecular weight is 402 g/mol. The molecular formula is C17H22F4N6O. The molecule has 0 aromatic carbocycles. The minimum atomic E-state index is -2.98. The van der Waals surface area contributed by atoms with Crippen molar-refractivity contribution in [1.29, 1.82) is 0 Å². The molecule has 7 nitrogen and oxygen atoms in total. The van der Waals surface area contributed by atoms with E-state index in [1.54, 1.807) is 9.58 Å². The van der Waals surface area contributed by atoms with Gasteiger partial charge in [0.2, 0.25) is 5.91 Å². The fraction of sp³-hybridized carbons (Fsp3) is 0.588. The summed E-state index contributed by atoms with van der Waals surface area (Å²) in [4.78, 5) is 16.2. The molecule has 2 aromatic heterocycles. The van der Waals surface area contributed by atoms with E-state index in [2.05, 4.69) is 15.1 Å². The Balaban J connectivity index is 1.57. The second kappa shape index (κ2) is 8.29. The van der Waals surface area contributed by atoms with Crippen LogP contribution in [0.15, 0.2) is 12.3 Å². The molecule has 28 heavy (non-hydrogen) atoms.